The highest BCUT2D eigenvalue weighted by atomic mass is 79.9. The molecule has 0 aromatic heterocycles. The Morgan fingerprint density at radius 1 is 1.19 bits per heavy atom. The van der Waals surface area contributed by atoms with Crippen LogP contribution in [0.1, 0.15) is 25.0 Å². The number of carbonyl (C=O) groups is 1. The van der Waals surface area contributed by atoms with Gasteiger partial charge in [-0.15, -0.1) is 0 Å². The van der Waals surface area contributed by atoms with E-state index in [1.165, 1.54) is 0 Å². The van der Waals surface area contributed by atoms with Crippen LogP contribution in [0.3, 0.4) is 0 Å². The Labute approximate surface area is 197 Å². The maximum Gasteiger partial charge on any atom is 0.262 e. The Morgan fingerprint density at radius 2 is 1.90 bits per heavy atom. The largest absolute Gasteiger partial charge is 0.493 e. The molecule has 2 aromatic carbocycles. The van der Waals surface area contributed by atoms with E-state index in [0.29, 0.717) is 11.5 Å². The zero-order chi connectivity index (χ0) is 22.5. The second-order valence-corrected chi connectivity index (χ2v) is 8.93. The number of morpholine rings is 1. The Hall–Kier alpha value is -2.16. The lowest BCUT2D eigenvalue weighted by molar-refractivity contribution is -0.118. The van der Waals surface area contributed by atoms with Gasteiger partial charge < -0.3 is 24.4 Å². The van der Waals surface area contributed by atoms with Crippen molar-refractivity contribution >= 4 is 44.7 Å². The van der Waals surface area contributed by atoms with E-state index in [1.807, 2.05) is 51.1 Å². The molecular formula is C23H27BrN2O4S. The number of benzene rings is 2. The van der Waals surface area contributed by atoms with Crippen molar-refractivity contribution in [2.24, 2.45) is 0 Å². The average Bonchev–Trinajstić information content (AvgIpc) is 2.73. The number of halogens is 1. The van der Waals surface area contributed by atoms with E-state index in [1.54, 1.807) is 13.2 Å². The molecule has 6 nitrogen and oxygen atoms in total. The van der Waals surface area contributed by atoms with Gasteiger partial charge in [-0.1, -0.05) is 28.1 Å². The standard InChI is InChI=1S/C23H27BrN2O4S/c1-14-9-18(24)6-7-19(14)25-22(27)13-29-20-8-5-17(10-21(20)28-4)23(31)26-11-15(2)30-16(3)12-26/h5-10,15-16H,11-13H2,1-4H3,(H,25,27)/t15-,16-/m1/s1. The van der Waals surface area contributed by atoms with E-state index in [2.05, 4.69) is 26.1 Å². The fourth-order valence-corrected chi connectivity index (χ4v) is 4.29. The van der Waals surface area contributed by atoms with Gasteiger partial charge in [-0.2, -0.15) is 0 Å². The summed E-state index contributed by atoms with van der Waals surface area (Å²) < 4.78 is 18.0. The van der Waals surface area contributed by atoms with Crippen molar-refractivity contribution in [3.63, 3.8) is 0 Å². The monoisotopic (exact) mass is 506 g/mol. The number of amides is 1. The van der Waals surface area contributed by atoms with Crippen LogP contribution in [0.5, 0.6) is 11.5 Å². The Bertz CT molecular complexity index is 959. The number of ether oxygens (including phenoxy) is 3. The molecule has 0 spiro atoms. The summed E-state index contributed by atoms with van der Waals surface area (Å²) in [7, 11) is 1.57. The van der Waals surface area contributed by atoms with Gasteiger partial charge in [0.25, 0.3) is 5.91 Å². The molecule has 1 fully saturated rings. The minimum Gasteiger partial charge on any atom is -0.493 e. The number of hydrogen-bond acceptors (Lipinski definition) is 5. The summed E-state index contributed by atoms with van der Waals surface area (Å²) in [6.07, 6.45) is 0.248. The predicted octanol–water partition coefficient (Wildman–Crippen LogP) is 4.57. The zero-order valence-corrected chi connectivity index (χ0v) is 20.5. The van der Waals surface area contributed by atoms with Crippen LogP contribution in [0.2, 0.25) is 0 Å². The third-order valence-electron chi connectivity index (χ3n) is 4.94. The van der Waals surface area contributed by atoms with Crippen LogP contribution in [0.25, 0.3) is 0 Å². The topological polar surface area (TPSA) is 60.0 Å². The summed E-state index contributed by atoms with van der Waals surface area (Å²) >= 11 is 9.12. The van der Waals surface area contributed by atoms with Gasteiger partial charge in [-0.25, -0.2) is 0 Å². The van der Waals surface area contributed by atoms with Crippen LogP contribution in [0.15, 0.2) is 40.9 Å². The van der Waals surface area contributed by atoms with Crippen LogP contribution in [-0.4, -0.2) is 54.8 Å². The Kier molecular flexibility index (Phi) is 7.91. The van der Waals surface area contributed by atoms with Crippen LogP contribution in [0, 0.1) is 6.92 Å². The van der Waals surface area contributed by atoms with Crippen LogP contribution in [-0.2, 0) is 9.53 Å². The highest BCUT2D eigenvalue weighted by Crippen LogP contribution is 2.29. The first kappa shape index (κ1) is 23.5. The van der Waals surface area contributed by atoms with E-state index < -0.39 is 0 Å². The van der Waals surface area contributed by atoms with Crippen LogP contribution >= 0.6 is 28.1 Å². The number of thiocarbonyl (C=S) groups is 1. The molecule has 1 saturated heterocycles. The van der Waals surface area contributed by atoms with Gasteiger partial charge in [0.05, 0.1) is 19.3 Å². The van der Waals surface area contributed by atoms with Crippen molar-refractivity contribution in [3.8, 4) is 11.5 Å². The number of anilines is 1. The van der Waals surface area contributed by atoms with Gasteiger partial charge >= 0.3 is 0 Å². The van der Waals surface area contributed by atoms with E-state index in [9.17, 15) is 4.79 Å². The first-order chi connectivity index (χ1) is 14.8. The molecule has 0 saturated carbocycles. The molecule has 166 valence electrons. The number of aryl methyl sites for hydroxylation is 1. The maximum absolute atomic E-state index is 12.3. The summed E-state index contributed by atoms with van der Waals surface area (Å²) in [4.78, 5) is 15.2. The second-order valence-electron chi connectivity index (χ2n) is 7.63. The second kappa shape index (κ2) is 10.4. The number of rotatable bonds is 6. The van der Waals surface area contributed by atoms with E-state index in [4.69, 9.17) is 26.4 Å². The molecule has 3 rings (SSSR count). The highest BCUT2D eigenvalue weighted by molar-refractivity contribution is 9.10. The number of methoxy groups -OCH3 is 1. The van der Waals surface area contributed by atoms with Gasteiger partial charge in [0.1, 0.15) is 4.99 Å². The molecule has 2 atom stereocenters. The molecule has 0 unspecified atom stereocenters. The number of carbonyl (C=O) groups excluding carboxylic acids is 1. The van der Waals surface area contributed by atoms with Crippen molar-refractivity contribution in [3.05, 3.63) is 52.0 Å². The quantitative estimate of drug-likeness (QED) is 0.579. The minimum atomic E-state index is -0.247. The summed E-state index contributed by atoms with van der Waals surface area (Å²) in [5.41, 5.74) is 2.58. The molecule has 8 heteroatoms. The third-order valence-corrected chi connectivity index (χ3v) is 5.93. The average molecular weight is 507 g/mol. The highest BCUT2D eigenvalue weighted by Gasteiger charge is 2.25. The predicted molar refractivity (Wildman–Crippen MR) is 129 cm³/mol. The molecule has 2 aromatic rings. The van der Waals surface area contributed by atoms with Crippen LogP contribution < -0.4 is 14.8 Å². The van der Waals surface area contributed by atoms with Crippen molar-refractivity contribution < 1.29 is 19.0 Å². The molecule has 1 heterocycles. The molecule has 0 radical (unpaired) electrons. The summed E-state index contributed by atoms with van der Waals surface area (Å²) in [5.74, 6) is 0.769. The summed E-state index contributed by atoms with van der Waals surface area (Å²) in [6.45, 7) is 7.39. The third kappa shape index (κ3) is 6.18. The van der Waals surface area contributed by atoms with Crippen molar-refractivity contribution in [1.82, 2.24) is 4.90 Å². The Balaban J connectivity index is 1.64. The lowest BCUT2D eigenvalue weighted by atomic mass is 10.1. The van der Waals surface area contributed by atoms with Gasteiger partial charge in [0, 0.05) is 28.8 Å². The SMILES string of the molecule is COc1cc(C(=S)N2C[C@@H](C)O[C@H](C)C2)ccc1OCC(=O)Nc1ccc(Br)cc1C. The van der Waals surface area contributed by atoms with Gasteiger partial charge in [-0.05, 0) is 62.7 Å². The normalized spacial score (nSPS) is 18.4. The van der Waals surface area contributed by atoms with Gasteiger partial charge in [0.15, 0.2) is 18.1 Å². The first-order valence-corrected chi connectivity index (χ1v) is 11.3. The molecule has 0 aliphatic carbocycles. The molecule has 1 amide bonds. The number of nitrogens with zero attached hydrogens (tertiary/aromatic N) is 1. The fourth-order valence-electron chi connectivity index (χ4n) is 3.54. The summed E-state index contributed by atoms with van der Waals surface area (Å²) in [5, 5.41) is 2.86. The minimum absolute atomic E-state index is 0.124. The van der Waals surface area contributed by atoms with E-state index in [-0.39, 0.29) is 24.7 Å². The fraction of sp³-hybridized carbons (Fsp3) is 0.391. The van der Waals surface area contributed by atoms with Gasteiger partial charge in [-0.3, -0.25) is 4.79 Å². The number of nitrogens with one attached hydrogen (secondary N) is 1. The molecule has 1 aliphatic heterocycles. The zero-order valence-electron chi connectivity index (χ0n) is 18.1. The lowest BCUT2D eigenvalue weighted by Gasteiger charge is -2.37. The Morgan fingerprint density at radius 3 is 2.55 bits per heavy atom. The van der Waals surface area contributed by atoms with Crippen LogP contribution in [0.4, 0.5) is 5.69 Å². The van der Waals surface area contributed by atoms with E-state index in [0.717, 1.165) is 39.4 Å². The maximum atomic E-state index is 12.3. The molecular weight excluding hydrogens is 480 g/mol. The lowest BCUT2D eigenvalue weighted by Crippen LogP contribution is -2.47. The summed E-state index contributed by atoms with van der Waals surface area (Å²) in [6, 6.07) is 11.2. The van der Waals surface area contributed by atoms with Gasteiger partial charge in [0.2, 0.25) is 0 Å². The number of hydrogen-bond donors (Lipinski definition) is 1. The molecule has 0 bridgehead atoms. The van der Waals surface area contributed by atoms with Crippen molar-refractivity contribution in [2.45, 2.75) is 33.0 Å². The van der Waals surface area contributed by atoms with Crippen molar-refractivity contribution in [1.29, 1.82) is 0 Å². The first-order valence-electron chi connectivity index (χ1n) is 10.1. The smallest absolute Gasteiger partial charge is 0.262 e. The van der Waals surface area contributed by atoms with Crippen molar-refractivity contribution in [2.75, 3.05) is 32.1 Å². The van der Waals surface area contributed by atoms with E-state index >= 15 is 0 Å². The molecule has 31 heavy (non-hydrogen) atoms. The molecule has 1 aliphatic rings. The molecule has 1 N–H and O–H groups in total.